The maximum absolute atomic E-state index is 13.9. The van der Waals surface area contributed by atoms with Crippen LogP contribution in [-0.4, -0.2) is 132 Å². The predicted octanol–water partition coefficient (Wildman–Crippen LogP) is -2.97. The molecule has 0 aliphatic carbocycles. The van der Waals surface area contributed by atoms with Crippen molar-refractivity contribution in [3.8, 4) is 0 Å². The Morgan fingerprint density at radius 3 is 1.46 bits per heavy atom. The van der Waals surface area contributed by atoms with Crippen LogP contribution >= 0.6 is 0 Å². The fourth-order valence-electron chi connectivity index (χ4n) is 5.39. The van der Waals surface area contributed by atoms with Gasteiger partial charge in [0, 0.05) is 20.0 Å². The lowest BCUT2D eigenvalue weighted by Crippen LogP contribution is -2.61. The summed E-state index contributed by atoms with van der Waals surface area (Å²) in [5.74, 6) is -9.36. The number of nitrogens with one attached hydrogen (secondary N) is 7. The molecule has 0 rings (SSSR count). The molecule has 0 bridgehead atoms. The Morgan fingerprint density at radius 2 is 1.05 bits per heavy atom. The molecular weight excluding hydrogens is 869 g/mol. The van der Waals surface area contributed by atoms with Crippen molar-refractivity contribution in [1.82, 2.24) is 37.2 Å². The van der Waals surface area contributed by atoms with Crippen LogP contribution in [-0.2, 0) is 43.2 Å². The van der Waals surface area contributed by atoms with Crippen molar-refractivity contribution >= 4 is 65.1 Å². The maximum Gasteiger partial charge on any atom is 0.490 e. The molecule has 0 aliphatic heterocycles. The summed E-state index contributed by atoms with van der Waals surface area (Å²) in [5.41, 5.74) is 27.1. The number of carbonyl (C=O) groups is 9. The summed E-state index contributed by atoms with van der Waals surface area (Å²) in [6.45, 7) is 13.2. The average Bonchev–Trinajstić information content (AvgIpc) is 3.18. The third-order valence-electron chi connectivity index (χ3n) is 9.07. The third-order valence-corrected chi connectivity index (χ3v) is 9.07. The van der Waals surface area contributed by atoms with Gasteiger partial charge in [-0.1, -0.05) is 48.0 Å². The zero-order valence-corrected chi connectivity index (χ0v) is 38.1. The number of nitrogens with two attached hydrogens (primary N) is 5. The molecule has 0 unspecified atom stereocenters. The van der Waals surface area contributed by atoms with Crippen molar-refractivity contribution in [2.24, 2.45) is 56.4 Å². The van der Waals surface area contributed by atoms with E-state index in [2.05, 4.69) is 47.2 Å². The smallest absolute Gasteiger partial charge is 0.475 e. The Kier molecular flexibility index (Phi) is 28.6. The van der Waals surface area contributed by atoms with Crippen LogP contribution in [0.15, 0.2) is 9.98 Å². The first-order valence-corrected chi connectivity index (χ1v) is 20.7. The van der Waals surface area contributed by atoms with E-state index in [4.69, 9.17) is 38.6 Å². The monoisotopic (exact) mass is 939 g/mol. The Labute approximate surface area is 375 Å². The summed E-state index contributed by atoms with van der Waals surface area (Å²) < 4.78 is 31.7. The van der Waals surface area contributed by atoms with E-state index in [1.165, 1.54) is 13.8 Å². The molecule has 0 radical (unpaired) electrons. The summed E-state index contributed by atoms with van der Waals surface area (Å²) >= 11 is 0. The summed E-state index contributed by atoms with van der Waals surface area (Å²) in [6, 6.07) is -6.81. The number of rotatable bonds is 27. The van der Waals surface area contributed by atoms with E-state index in [-0.39, 0.29) is 63.2 Å². The zero-order valence-electron chi connectivity index (χ0n) is 38.1. The number of primary amides is 1. The van der Waals surface area contributed by atoms with Gasteiger partial charge in [0.1, 0.15) is 36.3 Å². The highest BCUT2D eigenvalue weighted by Gasteiger charge is 2.38. The van der Waals surface area contributed by atoms with Crippen LogP contribution in [0, 0.1) is 17.8 Å². The highest BCUT2D eigenvalue weighted by molar-refractivity contribution is 5.97. The molecule has 7 atom stereocenters. The number of carbonyl (C=O) groups excluding carboxylic acids is 8. The Bertz CT molecular complexity index is 1670. The van der Waals surface area contributed by atoms with E-state index in [1.807, 2.05) is 20.8 Å². The Hall–Kier alpha value is -6.44. The molecule has 0 saturated heterocycles. The van der Waals surface area contributed by atoms with Gasteiger partial charge in [-0.15, -0.1) is 0 Å². The number of aliphatic imine (C=N–C) groups is 2. The first-order chi connectivity index (χ1) is 29.9. The van der Waals surface area contributed by atoms with Gasteiger partial charge in [0.05, 0.1) is 6.54 Å². The van der Waals surface area contributed by atoms with Gasteiger partial charge >= 0.3 is 12.1 Å². The van der Waals surface area contributed by atoms with Gasteiger partial charge in [-0.05, 0) is 56.8 Å². The molecule has 0 spiro atoms. The lowest BCUT2D eigenvalue weighted by Gasteiger charge is -2.30. The van der Waals surface area contributed by atoms with Crippen LogP contribution in [0.1, 0.15) is 93.9 Å². The minimum absolute atomic E-state index is 0.0433. The van der Waals surface area contributed by atoms with Crippen LogP contribution in [0.3, 0.4) is 0 Å². The van der Waals surface area contributed by atoms with Gasteiger partial charge in [-0.3, -0.25) is 48.3 Å². The number of carboxylic acids is 1. The second-order valence-corrected chi connectivity index (χ2v) is 15.7. The Balaban J connectivity index is 0. The van der Waals surface area contributed by atoms with Crippen molar-refractivity contribution in [3.63, 3.8) is 0 Å². The van der Waals surface area contributed by atoms with Gasteiger partial charge in [-0.25, -0.2) is 4.79 Å². The number of amides is 8. The number of nitrogens with zero attached hydrogens (tertiary/aromatic N) is 2. The number of alkyl halides is 3. The maximum atomic E-state index is 13.9. The molecule has 8 amide bonds. The summed E-state index contributed by atoms with van der Waals surface area (Å²) in [7, 11) is 0. The predicted molar refractivity (Wildman–Crippen MR) is 232 cm³/mol. The summed E-state index contributed by atoms with van der Waals surface area (Å²) in [6.07, 6.45) is -3.78. The van der Waals surface area contributed by atoms with Crippen LogP contribution in [0.4, 0.5) is 13.2 Å². The minimum atomic E-state index is -5.08. The van der Waals surface area contributed by atoms with Crippen LogP contribution in [0.5, 0.6) is 0 Å². The van der Waals surface area contributed by atoms with E-state index in [1.54, 1.807) is 20.8 Å². The second-order valence-electron chi connectivity index (χ2n) is 15.7. The molecule has 24 nitrogen and oxygen atoms in total. The minimum Gasteiger partial charge on any atom is -0.475 e. The number of hydrogen-bond donors (Lipinski definition) is 13. The largest absolute Gasteiger partial charge is 0.490 e. The van der Waals surface area contributed by atoms with E-state index in [0.717, 1.165) is 0 Å². The van der Waals surface area contributed by atoms with Gasteiger partial charge in [0.15, 0.2) is 11.9 Å². The molecule has 65 heavy (non-hydrogen) atoms. The third kappa shape index (κ3) is 27.4. The van der Waals surface area contributed by atoms with Crippen molar-refractivity contribution in [2.45, 2.75) is 136 Å². The summed E-state index contributed by atoms with van der Waals surface area (Å²) in [4.78, 5) is 120. The normalized spacial score (nSPS) is 14.2. The van der Waals surface area contributed by atoms with Crippen molar-refractivity contribution in [2.75, 3.05) is 19.6 Å². The fourth-order valence-corrected chi connectivity index (χ4v) is 5.39. The first kappa shape index (κ1) is 60.6. The number of aliphatic carboxylic acids is 1. The molecule has 27 heteroatoms. The lowest BCUT2D eigenvalue weighted by molar-refractivity contribution is -0.192. The number of hydrogen-bond acceptors (Lipinski definition) is 11. The van der Waals surface area contributed by atoms with Crippen molar-refractivity contribution in [3.05, 3.63) is 0 Å². The highest BCUT2D eigenvalue weighted by atomic mass is 19.4. The Morgan fingerprint density at radius 1 is 0.615 bits per heavy atom. The summed E-state index contributed by atoms with van der Waals surface area (Å²) in [5, 5.41) is 25.3. The van der Waals surface area contributed by atoms with Gasteiger partial charge in [0.25, 0.3) is 0 Å². The van der Waals surface area contributed by atoms with E-state index >= 15 is 0 Å². The quantitative estimate of drug-likeness (QED) is 0.0222. The van der Waals surface area contributed by atoms with Crippen molar-refractivity contribution in [1.29, 1.82) is 0 Å². The molecule has 0 heterocycles. The number of halogens is 3. The topological polar surface area (TPSA) is 413 Å². The van der Waals surface area contributed by atoms with E-state index in [9.17, 15) is 51.5 Å². The average molecular weight is 939 g/mol. The van der Waals surface area contributed by atoms with Gasteiger partial charge < -0.3 is 71.0 Å². The molecule has 0 aromatic carbocycles. The molecule has 0 aromatic heterocycles. The van der Waals surface area contributed by atoms with Crippen LogP contribution < -0.4 is 65.9 Å². The standard InChI is InChI=1S/C36H68N14O8.C2HF3O2/c1-9-20(6)28(50-33(57)27(19(4)5)49-30(54)21(7)45-26(52)17-44-22(8)51)34(58)48-25(16-18(2)3)32(56)47-24(13-11-15-43-36(40)41)31(55)46-23(29(37)53)12-10-14-42-35(38)39;3-2(4,5)1(6)7/h18-21,23-25,27-28H,9-17H2,1-8H3,(H2,37,53)(H,44,51)(H,45,52)(H,46,55)(H,47,56)(H,48,58)(H,49,54)(H,50,57)(H4,38,39,42)(H4,40,41,43);(H,6,7)/t20-,21-,23-,24-,25-,27-,28-;/m0./s1. The fraction of sp³-hybridized carbons (Fsp3) is 0.711. The van der Waals surface area contributed by atoms with Gasteiger partial charge in [-0.2, -0.15) is 13.2 Å². The van der Waals surface area contributed by atoms with Crippen LogP contribution in [0.25, 0.3) is 0 Å². The van der Waals surface area contributed by atoms with E-state index in [0.29, 0.717) is 12.8 Å². The first-order valence-electron chi connectivity index (χ1n) is 20.7. The van der Waals surface area contributed by atoms with Crippen LogP contribution in [0.2, 0.25) is 0 Å². The number of carboxylic acid groups (broad SMARTS) is 1. The van der Waals surface area contributed by atoms with Gasteiger partial charge in [0.2, 0.25) is 47.3 Å². The second kappa shape index (κ2) is 30.6. The molecule has 0 aliphatic rings. The number of guanidine groups is 2. The SMILES string of the molecule is CC[C@H](C)[C@H](NC(=O)[C@@H](NC(=O)[C@H](C)NC(=O)CNC(C)=O)C(C)C)C(=O)N[C@@H](CC(C)C)C(=O)N[C@@H](CCCN=C(N)N)C(=O)N[C@@H](CCCN=C(N)N)C(N)=O.O=C(O)C(F)(F)F. The zero-order chi connectivity index (χ0) is 50.8. The molecule has 18 N–H and O–H groups in total. The van der Waals surface area contributed by atoms with E-state index < -0.39 is 107 Å². The molecule has 372 valence electrons. The highest BCUT2D eigenvalue weighted by Crippen LogP contribution is 2.14. The molecule has 0 fully saturated rings. The molecule has 0 saturated carbocycles. The molecule has 0 aromatic rings. The molecular formula is C38H69F3N14O10. The lowest BCUT2D eigenvalue weighted by atomic mass is 9.95. The van der Waals surface area contributed by atoms with Crippen molar-refractivity contribution < 1.29 is 61.4 Å².